The molecule has 1 rings (SSSR count). The van der Waals surface area contributed by atoms with Crippen LogP contribution < -0.4 is 10.1 Å². The van der Waals surface area contributed by atoms with E-state index < -0.39 is 30.7 Å². The average molecular weight is 291 g/mol. The highest BCUT2D eigenvalue weighted by Crippen LogP contribution is 2.26. The summed E-state index contributed by atoms with van der Waals surface area (Å²) in [5, 5.41) is 11.2. The summed E-state index contributed by atoms with van der Waals surface area (Å²) >= 11 is 0. The molecule has 2 N–H and O–H groups in total. The Balaban J connectivity index is 2.65. The Hall–Kier alpha value is -1.76. The minimum Gasteiger partial charge on any atom is -0.497 e. The Kier molecular flexibility index (Phi) is 5.38. The van der Waals surface area contributed by atoms with Gasteiger partial charge in [-0.15, -0.1) is 0 Å². The third-order valence-corrected chi connectivity index (χ3v) is 2.94. The molecular formula is C13H16F3NO3. The Morgan fingerprint density at radius 1 is 1.35 bits per heavy atom. The topological polar surface area (TPSA) is 58.6 Å². The van der Waals surface area contributed by atoms with E-state index in [0.717, 1.165) is 5.56 Å². The van der Waals surface area contributed by atoms with Crippen LogP contribution in [0.1, 0.15) is 18.5 Å². The molecule has 0 heterocycles. The maximum absolute atomic E-state index is 12.5. The highest BCUT2D eigenvalue weighted by Gasteiger charge is 2.44. The monoisotopic (exact) mass is 291 g/mol. The third-order valence-electron chi connectivity index (χ3n) is 2.94. The van der Waals surface area contributed by atoms with Crippen molar-refractivity contribution in [1.29, 1.82) is 0 Å². The number of carboxylic acid groups (broad SMARTS) is 1. The summed E-state index contributed by atoms with van der Waals surface area (Å²) in [7, 11) is 1.51. The van der Waals surface area contributed by atoms with Gasteiger partial charge in [0.25, 0.3) is 0 Å². The molecule has 7 heteroatoms. The van der Waals surface area contributed by atoms with Crippen LogP contribution in [-0.4, -0.2) is 30.9 Å². The molecule has 0 aliphatic heterocycles. The van der Waals surface area contributed by atoms with E-state index >= 15 is 0 Å². The van der Waals surface area contributed by atoms with E-state index in [9.17, 15) is 18.0 Å². The van der Waals surface area contributed by atoms with Crippen LogP contribution in [0.3, 0.4) is 0 Å². The fourth-order valence-corrected chi connectivity index (χ4v) is 1.65. The maximum atomic E-state index is 12.5. The SMILES string of the molecule is COc1ccc(C(C)NCC(C(=O)O)C(F)(F)F)cc1. The van der Waals surface area contributed by atoms with Crippen LogP contribution in [0.2, 0.25) is 0 Å². The Labute approximate surface area is 114 Å². The summed E-state index contributed by atoms with van der Waals surface area (Å²) in [4.78, 5) is 10.6. The number of carbonyl (C=O) groups is 1. The molecule has 0 fully saturated rings. The van der Waals surface area contributed by atoms with Gasteiger partial charge in [-0.1, -0.05) is 12.1 Å². The van der Waals surface area contributed by atoms with Gasteiger partial charge < -0.3 is 15.2 Å². The first-order chi connectivity index (χ1) is 9.25. The van der Waals surface area contributed by atoms with Gasteiger partial charge in [-0.05, 0) is 24.6 Å². The predicted molar refractivity (Wildman–Crippen MR) is 66.6 cm³/mol. The summed E-state index contributed by atoms with van der Waals surface area (Å²) in [5.74, 6) is -3.66. The zero-order valence-corrected chi connectivity index (χ0v) is 11.1. The number of ether oxygens (including phenoxy) is 1. The number of hydrogen-bond acceptors (Lipinski definition) is 3. The lowest BCUT2D eigenvalue weighted by Gasteiger charge is -2.20. The second-order valence-electron chi connectivity index (χ2n) is 4.34. The zero-order valence-electron chi connectivity index (χ0n) is 11.1. The first-order valence-electron chi connectivity index (χ1n) is 5.92. The zero-order chi connectivity index (χ0) is 15.3. The van der Waals surface area contributed by atoms with Crippen molar-refractivity contribution in [3.05, 3.63) is 29.8 Å². The molecule has 0 aliphatic rings. The molecule has 1 aromatic carbocycles. The van der Waals surface area contributed by atoms with Gasteiger partial charge in [-0.3, -0.25) is 4.79 Å². The van der Waals surface area contributed by atoms with Crippen LogP contribution in [0.25, 0.3) is 0 Å². The van der Waals surface area contributed by atoms with Crippen molar-refractivity contribution >= 4 is 5.97 Å². The molecule has 0 aromatic heterocycles. The smallest absolute Gasteiger partial charge is 0.403 e. The molecule has 0 saturated heterocycles. The molecular weight excluding hydrogens is 275 g/mol. The second-order valence-corrected chi connectivity index (χ2v) is 4.34. The van der Waals surface area contributed by atoms with Gasteiger partial charge in [-0.2, -0.15) is 13.2 Å². The molecule has 0 radical (unpaired) electrons. The Morgan fingerprint density at radius 3 is 2.30 bits per heavy atom. The van der Waals surface area contributed by atoms with Gasteiger partial charge >= 0.3 is 12.1 Å². The van der Waals surface area contributed by atoms with Crippen LogP contribution in [0, 0.1) is 5.92 Å². The lowest BCUT2D eigenvalue weighted by Crippen LogP contribution is -2.39. The number of halogens is 3. The van der Waals surface area contributed by atoms with E-state index in [2.05, 4.69) is 5.32 Å². The van der Waals surface area contributed by atoms with Crippen molar-refractivity contribution in [3.8, 4) is 5.75 Å². The number of carboxylic acids is 1. The van der Waals surface area contributed by atoms with Gasteiger partial charge in [0.15, 0.2) is 5.92 Å². The number of alkyl halides is 3. The Morgan fingerprint density at radius 2 is 1.90 bits per heavy atom. The molecule has 112 valence electrons. The van der Waals surface area contributed by atoms with Crippen molar-refractivity contribution < 1.29 is 27.8 Å². The van der Waals surface area contributed by atoms with Crippen molar-refractivity contribution in [2.45, 2.75) is 19.1 Å². The van der Waals surface area contributed by atoms with Crippen molar-refractivity contribution in [2.75, 3.05) is 13.7 Å². The highest BCUT2D eigenvalue weighted by molar-refractivity contribution is 5.71. The number of rotatable bonds is 6. The normalized spacial score (nSPS) is 14.7. The summed E-state index contributed by atoms with van der Waals surface area (Å²) in [6.07, 6.45) is -4.77. The third kappa shape index (κ3) is 4.41. The molecule has 0 spiro atoms. The van der Waals surface area contributed by atoms with Crippen LogP contribution in [0.15, 0.2) is 24.3 Å². The molecule has 0 bridgehead atoms. The standard InChI is InChI=1S/C13H16F3NO3/c1-8(9-3-5-10(20-2)6-4-9)17-7-11(12(18)19)13(14,15)16/h3-6,8,11,17H,7H2,1-2H3,(H,18,19). The molecule has 2 atom stereocenters. The summed E-state index contributed by atoms with van der Waals surface area (Å²) in [6, 6.07) is 6.39. The van der Waals surface area contributed by atoms with E-state index in [1.807, 2.05) is 0 Å². The Bertz CT molecular complexity index is 445. The minimum atomic E-state index is -4.77. The maximum Gasteiger partial charge on any atom is 0.403 e. The molecule has 2 unspecified atom stereocenters. The number of hydrogen-bond donors (Lipinski definition) is 2. The van der Waals surface area contributed by atoms with E-state index in [4.69, 9.17) is 9.84 Å². The minimum absolute atomic E-state index is 0.398. The molecule has 20 heavy (non-hydrogen) atoms. The van der Waals surface area contributed by atoms with Gasteiger partial charge in [0.05, 0.1) is 7.11 Å². The molecule has 1 aromatic rings. The first kappa shape index (κ1) is 16.3. The second kappa shape index (κ2) is 6.60. The summed E-state index contributed by atoms with van der Waals surface area (Å²) < 4.78 is 42.4. The molecule has 0 aliphatic carbocycles. The lowest BCUT2D eigenvalue weighted by molar-refractivity contribution is -0.192. The van der Waals surface area contributed by atoms with Crippen LogP contribution in [0.5, 0.6) is 5.75 Å². The molecule has 4 nitrogen and oxygen atoms in total. The number of aliphatic carboxylic acids is 1. The van der Waals surface area contributed by atoms with E-state index in [0.29, 0.717) is 5.75 Å². The summed E-state index contributed by atoms with van der Waals surface area (Å²) in [5.41, 5.74) is 0.747. The fourth-order valence-electron chi connectivity index (χ4n) is 1.65. The summed E-state index contributed by atoms with van der Waals surface area (Å²) in [6.45, 7) is 0.989. The number of methoxy groups -OCH3 is 1. The fraction of sp³-hybridized carbons (Fsp3) is 0.462. The van der Waals surface area contributed by atoms with Crippen molar-refractivity contribution in [3.63, 3.8) is 0 Å². The predicted octanol–water partition coefficient (Wildman–Crippen LogP) is 2.61. The van der Waals surface area contributed by atoms with E-state index in [1.54, 1.807) is 31.2 Å². The lowest BCUT2D eigenvalue weighted by atomic mass is 10.1. The quantitative estimate of drug-likeness (QED) is 0.846. The van der Waals surface area contributed by atoms with Gasteiger partial charge in [0.2, 0.25) is 0 Å². The number of nitrogens with one attached hydrogen (secondary N) is 1. The van der Waals surface area contributed by atoms with Crippen molar-refractivity contribution in [2.24, 2.45) is 5.92 Å². The van der Waals surface area contributed by atoms with Crippen LogP contribution in [0.4, 0.5) is 13.2 Å². The largest absolute Gasteiger partial charge is 0.497 e. The highest BCUT2D eigenvalue weighted by atomic mass is 19.4. The van der Waals surface area contributed by atoms with Crippen LogP contribution in [-0.2, 0) is 4.79 Å². The molecule has 0 saturated carbocycles. The first-order valence-corrected chi connectivity index (χ1v) is 5.92. The van der Waals surface area contributed by atoms with E-state index in [1.165, 1.54) is 7.11 Å². The van der Waals surface area contributed by atoms with Crippen LogP contribution >= 0.6 is 0 Å². The molecule has 0 amide bonds. The van der Waals surface area contributed by atoms with Crippen molar-refractivity contribution in [1.82, 2.24) is 5.32 Å². The van der Waals surface area contributed by atoms with Gasteiger partial charge in [0.1, 0.15) is 5.75 Å². The average Bonchev–Trinajstić information content (AvgIpc) is 2.36. The van der Waals surface area contributed by atoms with Gasteiger partial charge in [-0.25, -0.2) is 0 Å². The number of benzene rings is 1. The van der Waals surface area contributed by atoms with E-state index in [-0.39, 0.29) is 0 Å². The van der Waals surface area contributed by atoms with Gasteiger partial charge in [0, 0.05) is 12.6 Å².